The van der Waals surface area contributed by atoms with Gasteiger partial charge in [-0.1, -0.05) is 29.8 Å². The summed E-state index contributed by atoms with van der Waals surface area (Å²) in [6.45, 7) is 7.74. The number of likely N-dealkylation sites (N-methyl/N-ethyl adjacent to an activating group) is 1. The summed E-state index contributed by atoms with van der Waals surface area (Å²) in [5.41, 5.74) is 4.78. The topological polar surface area (TPSA) is 84.9 Å². The maximum absolute atomic E-state index is 13.2. The standard InChI is InChI=1S/C29H42N2O5S/c1-20-7-9-24(10-8-20)18-25-11-13-26(14-12-25)30-28(32)19-36-16-15-31(5)37(33,34)29-21(2)17-27(35-6)22(3)23(29)4/h7-10,17,25-26H,11-16,18-19H2,1-6H3,(H,30,32). The molecule has 0 aromatic heterocycles. The number of nitrogens with zero attached hydrogens (tertiary/aromatic N) is 1. The summed E-state index contributed by atoms with van der Waals surface area (Å²) in [6.07, 6.45) is 5.25. The molecule has 7 nitrogen and oxygen atoms in total. The lowest BCUT2D eigenvalue weighted by Gasteiger charge is -2.29. The Balaban J connectivity index is 1.40. The van der Waals surface area contributed by atoms with Crippen molar-refractivity contribution in [2.45, 2.75) is 70.7 Å². The van der Waals surface area contributed by atoms with E-state index in [2.05, 4.69) is 36.5 Å². The molecular weight excluding hydrogens is 488 g/mol. The summed E-state index contributed by atoms with van der Waals surface area (Å²) in [5.74, 6) is 1.18. The van der Waals surface area contributed by atoms with Crippen molar-refractivity contribution in [1.29, 1.82) is 0 Å². The van der Waals surface area contributed by atoms with Crippen LogP contribution in [-0.4, -0.2) is 58.6 Å². The number of sulfonamides is 1. The first-order valence-electron chi connectivity index (χ1n) is 13.1. The molecule has 2 aromatic carbocycles. The fourth-order valence-electron chi connectivity index (χ4n) is 5.10. The first-order valence-corrected chi connectivity index (χ1v) is 14.5. The number of amides is 1. The number of methoxy groups -OCH3 is 1. The molecule has 0 spiro atoms. The highest BCUT2D eigenvalue weighted by atomic mass is 32.2. The first kappa shape index (κ1) is 29.1. The van der Waals surface area contributed by atoms with Crippen molar-refractivity contribution in [3.8, 4) is 5.75 Å². The van der Waals surface area contributed by atoms with E-state index in [1.54, 1.807) is 27.0 Å². The van der Waals surface area contributed by atoms with E-state index in [1.807, 2.05) is 6.92 Å². The minimum Gasteiger partial charge on any atom is -0.496 e. The molecule has 0 unspecified atom stereocenters. The maximum Gasteiger partial charge on any atom is 0.246 e. The number of carbonyl (C=O) groups is 1. The van der Waals surface area contributed by atoms with Crippen molar-refractivity contribution in [2.24, 2.45) is 5.92 Å². The van der Waals surface area contributed by atoms with E-state index in [4.69, 9.17) is 9.47 Å². The molecule has 1 fully saturated rings. The predicted octanol–water partition coefficient (Wildman–Crippen LogP) is 4.48. The fourth-order valence-corrected chi connectivity index (χ4v) is 6.73. The van der Waals surface area contributed by atoms with Crippen LogP contribution in [0.1, 0.15) is 53.5 Å². The molecule has 0 saturated heterocycles. The van der Waals surface area contributed by atoms with Crippen LogP contribution in [0.5, 0.6) is 5.75 Å². The lowest BCUT2D eigenvalue weighted by Crippen LogP contribution is -2.40. The van der Waals surface area contributed by atoms with Crippen molar-refractivity contribution in [2.75, 3.05) is 33.9 Å². The molecule has 0 atom stereocenters. The highest BCUT2D eigenvalue weighted by Gasteiger charge is 2.27. The zero-order chi connectivity index (χ0) is 27.2. The Morgan fingerprint density at radius 1 is 1.03 bits per heavy atom. The number of hydrogen-bond acceptors (Lipinski definition) is 5. The van der Waals surface area contributed by atoms with Crippen LogP contribution in [0.2, 0.25) is 0 Å². The van der Waals surface area contributed by atoms with Gasteiger partial charge in [-0.2, -0.15) is 4.31 Å². The molecule has 0 bridgehead atoms. The Kier molecular flexibility index (Phi) is 10.2. The van der Waals surface area contributed by atoms with Gasteiger partial charge >= 0.3 is 0 Å². The molecule has 0 radical (unpaired) electrons. The van der Waals surface area contributed by atoms with Crippen molar-refractivity contribution < 1.29 is 22.7 Å². The van der Waals surface area contributed by atoms with Crippen molar-refractivity contribution >= 4 is 15.9 Å². The monoisotopic (exact) mass is 530 g/mol. The van der Waals surface area contributed by atoms with E-state index in [0.717, 1.165) is 37.7 Å². The summed E-state index contributed by atoms with van der Waals surface area (Å²) in [6, 6.07) is 10.7. The van der Waals surface area contributed by atoms with Crippen molar-refractivity contribution in [3.63, 3.8) is 0 Å². The van der Waals surface area contributed by atoms with Crippen LogP contribution in [0, 0.1) is 33.6 Å². The molecule has 1 aliphatic carbocycles. The number of hydrogen-bond donors (Lipinski definition) is 1. The Morgan fingerprint density at radius 2 is 1.68 bits per heavy atom. The van der Waals surface area contributed by atoms with Gasteiger partial charge in [-0.05, 0) is 94.0 Å². The molecular formula is C29H42N2O5S. The van der Waals surface area contributed by atoms with Gasteiger partial charge in [0.15, 0.2) is 0 Å². The third-order valence-electron chi connectivity index (χ3n) is 7.51. The van der Waals surface area contributed by atoms with Gasteiger partial charge < -0.3 is 14.8 Å². The van der Waals surface area contributed by atoms with E-state index in [1.165, 1.54) is 22.5 Å². The highest BCUT2D eigenvalue weighted by Crippen LogP contribution is 2.32. The van der Waals surface area contributed by atoms with Gasteiger partial charge in [0.25, 0.3) is 0 Å². The van der Waals surface area contributed by atoms with Crippen molar-refractivity contribution in [3.05, 3.63) is 58.1 Å². The lowest BCUT2D eigenvalue weighted by molar-refractivity contribution is -0.126. The normalized spacial score (nSPS) is 18.1. The number of carbonyl (C=O) groups excluding carboxylic acids is 1. The Labute approximate surface area is 222 Å². The average molecular weight is 531 g/mol. The SMILES string of the molecule is COc1cc(C)c(S(=O)(=O)N(C)CCOCC(=O)NC2CCC(Cc3ccc(C)cc3)CC2)c(C)c1C. The summed E-state index contributed by atoms with van der Waals surface area (Å²) in [4.78, 5) is 12.7. The Morgan fingerprint density at radius 3 is 2.30 bits per heavy atom. The van der Waals surface area contributed by atoms with Crippen LogP contribution in [0.25, 0.3) is 0 Å². The number of ether oxygens (including phenoxy) is 2. The molecule has 37 heavy (non-hydrogen) atoms. The molecule has 0 heterocycles. The number of nitrogens with one attached hydrogen (secondary N) is 1. The molecule has 1 saturated carbocycles. The molecule has 1 amide bonds. The minimum absolute atomic E-state index is 0.0725. The predicted molar refractivity (Wildman–Crippen MR) is 147 cm³/mol. The summed E-state index contributed by atoms with van der Waals surface area (Å²) >= 11 is 0. The van der Waals surface area contributed by atoms with Crippen LogP contribution < -0.4 is 10.1 Å². The molecule has 1 N–H and O–H groups in total. The van der Waals surface area contributed by atoms with Crippen LogP contribution in [0.3, 0.4) is 0 Å². The third kappa shape index (κ3) is 7.55. The second-order valence-corrected chi connectivity index (χ2v) is 12.3. The van der Waals surface area contributed by atoms with E-state index in [-0.39, 0.29) is 31.7 Å². The van der Waals surface area contributed by atoms with Crippen LogP contribution >= 0.6 is 0 Å². The van der Waals surface area contributed by atoms with Gasteiger partial charge in [-0.15, -0.1) is 0 Å². The van der Waals surface area contributed by atoms with E-state index in [9.17, 15) is 13.2 Å². The summed E-state index contributed by atoms with van der Waals surface area (Å²) in [7, 11) is -0.594. The molecule has 8 heteroatoms. The van der Waals surface area contributed by atoms with E-state index >= 15 is 0 Å². The van der Waals surface area contributed by atoms with Crippen molar-refractivity contribution in [1.82, 2.24) is 9.62 Å². The summed E-state index contributed by atoms with van der Waals surface area (Å²) in [5, 5.41) is 3.08. The van der Waals surface area contributed by atoms with E-state index < -0.39 is 10.0 Å². The lowest BCUT2D eigenvalue weighted by atomic mass is 9.82. The largest absolute Gasteiger partial charge is 0.496 e. The second kappa shape index (κ2) is 12.9. The third-order valence-corrected chi connectivity index (χ3v) is 9.65. The average Bonchev–Trinajstić information content (AvgIpc) is 2.86. The second-order valence-electron chi connectivity index (χ2n) is 10.3. The van der Waals surface area contributed by atoms with Crippen LogP contribution in [-0.2, 0) is 26.0 Å². The maximum atomic E-state index is 13.2. The Bertz CT molecular complexity index is 1170. The zero-order valence-corrected chi connectivity index (χ0v) is 23.9. The number of benzene rings is 2. The van der Waals surface area contributed by atoms with Crippen LogP contribution in [0.15, 0.2) is 35.2 Å². The zero-order valence-electron chi connectivity index (χ0n) is 23.1. The van der Waals surface area contributed by atoms with Gasteiger partial charge in [-0.25, -0.2) is 8.42 Å². The Hall–Kier alpha value is -2.42. The van der Waals surface area contributed by atoms with Gasteiger partial charge in [0.05, 0.1) is 18.6 Å². The fraction of sp³-hybridized carbons (Fsp3) is 0.552. The quantitative estimate of drug-likeness (QED) is 0.433. The first-order chi connectivity index (χ1) is 17.5. The van der Waals surface area contributed by atoms with Gasteiger partial charge in [-0.3, -0.25) is 4.79 Å². The summed E-state index contributed by atoms with van der Waals surface area (Å²) < 4.78 is 38.6. The number of aryl methyl sites for hydroxylation is 2. The molecule has 2 aromatic rings. The molecule has 0 aliphatic heterocycles. The number of rotatable bonds is 11. The molecule has 1 aliphatic rings. The van der Waals surface area contributed by atoms with Crippen LogP contribution in [0.4, 0.5) is 0 Å². The van der Waals surface area contributed by atoms with E-state index in [0.29, 0.717) is 27.7 Å². The molecule has 204 valence electrons. The highest BCUT2D eigenvalue weighted by molar-refractivity contribution is 7.89. The van der Waals surface area contributed by atoms with Gasteiger partial charge in [0.2, 0.25) is 15.9 Å². The van der Waals surface area contributed by atoms with Gasteiger partial charge in [0, 0.05) is 19.6 Å². The smallest absolute Gasteiger partial charge is 0.246 e. The minimum atomic E-state index is -3.70. The van der Waals surface area contributed by atoms with Gasteiger partial charge in [0.1, 0.15) is 12.4 Å². The molecule has 3 rings (SSSR count).